The van der Waals surface area contributed by atoms with E-state index >= 15 is 0 Å². The first-order valence-corrected chi connectivity index (χ1v) is 13.3. The Kier molecular flexibility index (Phi) is 7.83. The zero-order chi connectivity index (χ0) is 26.6. The largest absolute Gasteiger partial charge is 0.368 e. The first-order valence-electron chi connectivity index (χ1n) is 13.3. The van der Waals surface area contributed by atoms with Gasteiger partial charge in [-0.15, -0.1) is 0 Å². The Balaban J connectivity index is 1.12. The van der Waals surface area contributed by atoms with Gasteiger partial charge in [-0.3, -0.25) is 9.59 Å². The Morgan fingerprint density at radius 1 is 1.08 bits per heavy atom. The average molecular weight is 522 g/mol. The number of nitrogens with one attached hydrogen (secondary N) is 2. The van der Waals surface area contributed by atoms with Gasteiger partial charge in [0.25, 0.3) is 0 Å². The van der Waals surface area contributed by atoms with Crippen LogP contribution in [0.25, 0.3) is 17.1 Å². The molecular weight excluding hydrogens is 488 g/mol. The van der Waals surface area contributed by atoms with E-state index in [0.29, 0.717) is 37.4 Å². The van der Waals surface area contributed by atoms with E-state index in [0.717, 1.165) is 37.4 Å². The van der Waals surface area contributed by atoms with E-state index < -0.39 is 17.7 Å². The van der Waals surface area contributed by atoms with Gasteiger partial charge in [0, 0.05) is 49.1 Å². The molecule has 0 radical (unpaired) electrons. The van der Waals surface area contributed by atoms with Gasteiger partial charge in [0.1, 0.15) is 17.3 Å². The summed E-state index contributed by atoms with van der Waals surface area (Å²) in [6.07, 6.45) is 11.9. The number of carbonyl (C=O) groups excluding carboxylic acids is 2. The van der Waals surface area contributed by atoms with E-state index in [9.17, 15) is 18.4 Å². The maximum Gasteiger partial charge on any atom is 0.246 e. The molecule has 1 aromatic carbocycles. The number of aromatic amines is 1. The van der Waals surface area contributed by atoms with Crippen LogP contribution in [0.3, 0.4) is 0 Å². The Morgan fingerprint density at radius 3 is 2.47 bits per heavy atom. The predicted octanol–water partition coefficient (Wildman–Crippen LogP) is 4.26. The van der Waals surface area contributed by atoms with Crippen molar-refractivity contribution in [1.82, 2.24) is 20.2 Å². The normalized spacial score (nSPS) is 21.7. The molecule has 3 heterocycles. The topological polar surface area (TPSA) is 104 Å². The summed E-state index contributed by atoms with van der Waals surface area (Å²) in [5.41, 5.74) is 8.34. The zero-order valence-electron chi connectivity index (χ0n) is 21.2. The van der Waals surface area contributed by atoms with Gasteiger partial charge in [-0.25, -0.2) is 13.8 Å². The van der Waals surface area contributed by atoms with Crippen LogP contribution in [0.2, 0.25) is 0 Å². The number of likely N-dealkylation sites (tertiary alicyclic amines) is 1. The van der Waals surface area contributed by atoms with Crippen molar-refractivity contribution in [3.05, 3.63) is 71.6 Å². The van der Waals surface area contributed by atoms with Crippen LogP contribution in [0.4, 0.5) is 8.78 Å². The highest BCUT2D eigenvalue weighted by molar-refractivity contribution is 5.92. The third-order valence-electron chi connectivity index (χ3n) is 8.00. The van der Waals surface area contributed by atoms with Gasteiger partial charge in [-0.2, -0.15) is 0 Å². The number of hydrogen-bond acceptors (Lipinski definition) is 4. The number of pyridine rings is 1. The summed E-state index contributed by atoms with van der Waals surface area (Å²) in [7, 11) is 0. The van der Waals surface area contributed by atoms with Crippen LogP contribution in [-0.2, 0) is 9.59 Å². The molecule has 5 rings (SSSR count). The Bertz CT molecular complexity index is 1300. The second kappa shape index (κ2) is 11.4. The van der Waals surface area contributed by atoms with E-state index in [1.807, 2.05) is 6.07 Å². The van der Waals surface area contributed by atoms with Crippen molar-refractivity contribution in [2.24, 2.45) is 11.7 Å². The molecule has 1 aliphatic heterocycles. The van der Waals surface area contributed by atoms with Gasteiger partial charge >= 0.3 is 0 Å². The minimum atomic E-state index is -0.688. The molecule has 2 amide bonds. The number of aromatic nitrogens is 2. The van der Waals surface area contributed by atoms with Gasteiger partial charge < -0.3 is 20.9 Å². The number of piperidine rings is 1. The van der Waals surface area contributed by atoms with Crippen LogP contribution >= 0.6 is 0 Å². The summed E-state index contributed by atoms with van der Waals surface area (Å²) in [6, 6.07) is 7.00. The third kappa shape index (κ3) is 5.93. The van der Waals surface area contributed by atoms with Crippen LogP contribution in [-0.4, -0.2) is 51.9 Å². The Labute approximate surface area is 220 Å². The molecule has 200 valence electrons. The lowest BCUT2D eigenvalue weighted by atomic mass is 9.80. The van der Waals surface area contributed by atoms with E-state index in [-0.39, 0.29) is 23.8 Å². The number of H-pyrrole nitrogens is 1. The van der Waals surface area contributed by atoms with Crippen molar-refractivity contribution in [2.75, 3.05) is 13.1 Å². The molecule has 0 spiro atoms. The minimum Gasteiger partial charge on any atom is -0.368 e. The number of hydrogen-bond donors (Lipinski definition) is 3. The van der Waals surface area contributed by atoms with Crippen LogP contribution in [0.15, 0.2) is 48.8 Å². The van der Waals surface area contributed by atoms with Crippen molar-refractivity contribution in [3.63, 3.8) is 0 Å². The first kappa shape index (κ1) is 26.0. The molecule has 0 unspecified atom stereocenters. The smallest absolute Gasteiger partial charge is 0.246 e. The molecule has 0 bridgehead atoms. The number of nitrogens with two attached hydrogens (primary N) is 1. The SMILES string of the molecule is NC(=O)[C@H](NC1CCC(c2c[nH]c3ncccc23)CC1)C1CCN(C(=O)/C=C/c2cc(F)cc(F)c2)CC1. The number of benzene rings is 1. The number of nitrogens with zero attached hydrogens (tertiary/aromatic N) is 2. The number of amides is 2. The first-order chi connectivity index (χ1) is 18.4. The Hall–Kier alpha value is -3.59. The van der Waals surface area contributed by atoms with Crippen molar-refractivity contribution >= 4 is 28.9 Å². The quantitative estimate of drug-likeness (QED) is 0.404. The van der Waals surface area contributed by atoms with Crippen molar-refractivity contribution in [3.8, 4) is 0 Å². The molecule has 1 saturated heterocycles. The van der Waals surface area contributed by atoms with E-state index in [4.69, 9.17) is 5.73 Å². The predicted molar refractivity (Wildman–Crippen MR) is 142 cm³/mol. The van der Waals surface area contributed by atoms with E-state index in [1.165, 1.54) is 35.2 Å². The number of fused-ring (bicyclic) bond motifs is 1. The summed E-state index contributed by atoms with van der Waals surface area (Å²) in [6.45, 7) is 0.996. The maximum absolute atomic E-state index is 13.4. The molecule has 2 aliphatic rings. The molecule has 1 atom stereocenters. The zero-order valence-corrected chi connectivity index (χ0v) is 21.2. The van der Waals surface area contributed by atoms with Gasteiger partial charge in [0.05, 0.1) is 6.04 Å². The summed E-state index contributed by atoms with van der Waals surface area (Å²) >= 11 is 0. The molecule has 3 aromatic rings. The van der Waals surface area contributed by atoms with E-state index in [1.54, 1.807) is 11.1 Å². The van der Waals surface area contributed by atoms with Crippen LogP contribution in [0.1, 0.15) is 55.6 Å². The summed E-state index contributed by atoms with van der Waals surface area (Å²) in [4.78, 5) is 34.4. The summed E-state index contributed by atoms with van der Waals surface area (Å²) in [5.74, 6) is -1.44. The van der Waals surface area contributed by atoms with Crippen LogP contribution < -0.4 is 11.1 Å². The molecule has 38 heavy (non-hydrogen) atoms. The second-order valence-corrected chi connectivity index (χ2v) is 10.4. The minimum absolute atomic E-state index is 0.0512. The molecule has 4 N–H and O–H groups in total. The highest BCUT2D eigenvalue weighted by atomic mass is 19.1. The maximum atomic E-state index is 13.4. The number of halogens is 2. The number of carbonyl (C=O) groups is 2. The van der Waals surface area contributed by atoms with Crippen LogP contribution in [0.5, 0.6) is 0 Å². The average Bonchev–Trinajstić information content (AvgIpc) is 3.34. The summed E-state index contributed by atoms with van der Waals surface area (Å²) < 4.78 is 26.8. The molecule has 2 fully saturated rings. The van der Waals surface area contributed by atoms with Crippen molar-refractivity contribution in [2.45, 2.75) is 56.5 Å². The molecule has 9 heteroatoms. The van der Waals surface area contributed by atoms with Gasteiger partial charge in [-0.1, -0.05) is 0 Å². The molecule has 7 nitrogen and oxygen atoms in total. The fourth-order valence-corrected chi connectivity index (χ4v) is 5.99. The molecule has 1 aliphatic carbocycles. The fraction of sp³-hybridized carbons (Fsp3) is 0.414. The van der Waals surface area contributed by atoms with Gasteiger partial charge in [0.2, 0.25) is 11.8 Å². The van der Waals surface area contributed by atoms with Gasteiger partial charge in [0.15, 0.2) is 0 Å². The molecule has 2 aromatic heterocycles. The highest BCUT2D eigenvalue weighted by Gasteiger charge is 2.34. The Morgan fingerprint density at radius 2 is 1.79 bits per heavy atom. The monoisotopic (exact) mass is 521 g/mol. The molecule has 1 saturated carbocycles. The molecular formula is C29H33F2N5O2. The number of rotatable bonds is 7. The highest BCUT2D eigenvalue weighted by Crippen LogP contribution is 2.36. The lowest BCUT2D eigenvalue weighted by Gasteiger charge is -2.38. The second-order valence-electron chi connectivity index (χ2n) is 10.4. The van der Waals surface area contributed by atoms with Crippen molar-refractivity contribution < 1.29 is 18.4 Å². The van der Waals surface area contributed by atoms with Gasteiger partial charge in [-0.05, 0) is 91.8 Å². The third-order valence-corrected chi connectivity index (χ3v) is 8.00. The fourth-order valence-electron chi connectivity index (χ4n) is 5.99. The number of primary amides is 1. The standard InChI is InChI=1S/C29H33F2N5O2/c30-21-14-18(15-22(31)16-21)3-8-26(37)36-12-9-20(10-13-36)27(28(32)38)35-23-6-4-19(5-7-23)25-17-34-29-24(25)2-1-11-33-29/h1-3,8,11,14-17,19-20,23,27,35H,4-7,9-10,12-13H2,(H2,32,38)(H,33,34)/b8-3+/t19?,23?,27-/m1/s1. The van der Waals surface area contributed by atoms with Crippen molar-refractivity contribution in [1.29, 1.82) is 0 Å². The van der Waals surface area contributed by atoms with Crippen LogP contribution in [0, 0.1) is 17.6 Å². The lowest BCUT2D eigenvalue weighted by Crippen LogP contribution is -2.54. The summed E-state index contributed by atoms with van der Waals surface area (Å²) in [5, 5.41) is 4.73. The van der Waals surface area contributed by atoms with E-state index in [2.05, 4.69) is 27.5 Å². The lowest BCUT2D eigenvalue weighted by molar-refractivity contribution is -0.128.